The van der Waals surface area contributed by atoms with E-state index in [1.54, 1.807) is 0 Å². The average Bonchev–Trinajstić information content (AvgIpc) is 2.30. The number of anilines is 1. The predicted octanol–water partition coefficient (Wildman–Crippen LogP) is 3.16. The fraction of sp³-hybridized carbons (Fsp3) is 0.462. The maximum absolute atomic E-state index is 4.33. The second-order valence-electron chi connectivity index (χ2n) is 4.25. The van der Waals surface area contributed by atoms with Crippen molar-refractivity contribution in [2.45, 2.75) is 26.2 Å². The molecular weight excluding hydrogens is 184 g/mol. The lowest BCUT2D eigenvalue weighted by Crippen LogP contribution is -2.15. The molecule has 1 aliphatic rings. The summed E-state index contributed by atoms with van der Waals surface area (Å²) in [6.45, 7) is 3.10. The second-order valence-corrected chi connectivity index (χ2v) is 4.25. The maximum atomic E-state index is 4.33. The lowest BCUT2D eigenvalue weighted by molar-refractivity contribution is 0.503. The molecule has 1 unspecified atom stereocenters. The topological polar surface area (TPSA) is 24.9 Å². The molecule has 1 aromatic rings. The van der Waals surface area contributed by atoms with E-state index in [1.165, 1.54) is 24.8 Å². The van der Waals surface area contributed by atoms with Gasteiger partial charge in [0.15, 0.2) is 0 Å². The van der Waals surface area contributed by atoms with Crippen molar-refractivity contribution in [1.29, 1.82) is 0 Å². The Bertz CT molecular complexity index is 327. The first-order valence-electron chi connectivity index (χ1n) is 5.66. The molecule has 1 heterocycles. The summed E-state index contributed by atoms with van der Waals surface area (Å²) >= 11 is 0. The van der Waals surface area contributed by atoms with E-state index >= 15 is 0 Å². The van der Waals surface area contributed by atoms with E-state index in [0.717, 1.165) is 18.3 Å². The highest BCUT2D eigenvalue weighted by Crippen LogP contribution is 2.18. The summed E-state index contributed by atoms with van der Waals surface area (Å²) in [5.74, 6) is 1.77. The summed E-state index contributed by atoms with van der Waals surface area (Å²) < 4.78 is 0. The second kappa shape index (κ2) is 4.96. The number of nitrogens with one attached hydrogen (secondary N) is 1. The van der Waals surface area contributed by atoms with Gasteiger partial charge in [-0.3, -0.25) is 0 Å². The number of aromatic nitrogens is 1. The van der Waals surface area contributed by atoms with Crippen LogP contribution in [0.1, 0.15) is 24.8 Å². The van der Waals surface area contributed by atoms with Gasteiger partial charge in [-0.25, -0.2) is 4.98 Å². The van der Waals surface area contributed by atoms with Crippen molar-refractivity contribution in [3.05, 3.63) is 36.0 Å². The van der Waals surface area contributed by atoms with Gasteiger partial charge >= 0.3 is 0 Å². The van der Waals surface area contributed by atoms with Gasteiger partial charge in [0.25, 0.3) is 0 Å². The molecule has 0 saturated heterocycles. The van der Waals surface area contributed by atoms with Crippen LogP contribution in [0.2, 0.25) is 0 Å². The molecule has 0 bridgehead atoms. The van der Waals surface area contributed by atoms with Crippen molar-refractivity contribution >= 4 is 5.82 Å². The lowest BCUT2D eigenvalue weighted by Gasteiger charge is -2.18. The highest BCUT2D eigenvalue weighted by molar-refractivity contribution is 5.35. The summed E-state index contributed by atoms with van der Waals surface area (Å²) in [6.07, 6.45) is 10.2. The van der Waals surface area contributed by atoms with Gasteiger partial charge in [0.1, 0.15) is 5.82 Å². The first kappa shape index (κ1) is 10.2. The molecular formula is C13H18N2. The Balaban J connectivity index is 1.82. The summed E-state index contributed by atoms with van der Waals surface area (Å²) in [5.41, 5.74) is 1.21. The monoisotopic (exact) mass is 202 g/mol. The minimum absolute atomic E-state index is 0.776. The average molecular weight is 202 g/mol. The van der Waals surface area contributed by atoms with Crippen LogP contribution in [0.25, 0.3) is 0 Å². The normalized spacial score (nSPS) is 20.2. The molecule has 2 heteroatoms. The van der Waals surface area contributed by atoms with E-state index in [4.69, 9.17) is 0 Å². The smallest absolute Gasteiger partial charge is 0.125 e. The standard InChI is InChI=1S/C13H18N2/c1-11-7-8-13(14-9-11)15-10-12-5-3-2-4-6-12/h2-3,7-9,12H,4-6,10H2,1H3,(H,14,15). The van der Waals surface area contributed by atoms with E-state index in [-0.39, 0.29) is 0 Å². The fourth-order valence-electron chi connectivity index (χ4n) is 1.86. The van der Waals surface area contributed by atoms with Gasteiger partial charge in [0.2, 0.25) is 0 Å². The van der Waals surface area contributed by atoms with Gasteiger partial charge < -0.3 is 5.32 Å². The molecule has 0 aliphatic heterocycles. The summed E-state index contributed by atoms with van der Waals surface area (Å²) in [4.78, 5) is 4.33. The molecule has 2 nitrogen and oxygen atoms in total. The molecule has 0 radical (unpaired) electrons. The fourth-order valence-corrected chi connectivity index (χ4v) is 1.86. The van der Waals surface area contributed by atoms with Gasteiger partial charge in [0, 0.05) is 12.7 Å². The molecule has 0 fully saturated rings. The molecule has 1 aromatic heterocycles. The van der Waals surface area contributed by atoms with Crippen LogP contribution in [0, 0.1) is 12.8 Å². The zero-order valence-corrected chi connectivity index (χ0v) is 9.24. The number of pyridine rings is 1. The van der Waals surface area contributed by atoms with Crippen molar-refractivity contribution in [2.75, 3.05) is 11.9 Å². The van der Waals surface area contributed by atoms with Gasteiger partial charge in [-0.2, -0.15) is 0 Å². The number of aryl methyl sites for hydroxylation is 1. The van der Waals surface area contributed by atoms with E-state index in [1.807, 2.05) is 12.3 Å². The van der Waals surface area contributed by atoms with Gasteiger partial charge in [0.05, 0.1) is 0 Å². The SMILES string of the molecule is Cc1ccc(NCC2CC=CCC2)nc1. The van der Waals surface area contributed by atoms with Gasteiger partial charge in [-0.1, -0.05) is 18.2 Å². The Morgan fingerprint density at radius 2 is 2.33 bits per heavy atom. The van der Waals surface area contributed by atoms with Crippen LogP contribution < -0.4 is 5.32 Å². The number of allylic oxidation sites excluding steroid dienone is 2. The third-order valence-corrected chi connectivity index (χ3v) is 2.86. The van der Waals surface area contributed by atoms with Crippen LogP contribution in [0.15, 0.2) is 30.5 Å². The molecule has 80 valence electrons. The molecule has 0 spiro atoms. The van der Waals surface area contributed by atoms with Crippen LogP contribution in [-0.2, 0) is 0 Å². The number of hydrogen-bond donors (Lipinski definition) is 1. The van der Waals surface area contributed by atoms with E-state index < -0.39 is 0 Å². The van der Waals surface area contributed by atoms with Crippen LogP contribution in [0.4, 0.5) is 5.82 Å². The Morgan fingerprint density at radius 1 is 1.40 bits per heavy atom. The third-order valence-electron chi connectivity index (χ3n) is 2.86. The van der Waals surface area contributed by atoms with Crippen LogP contribution in [-0.4, -0.2) is 11.5 Å². The first-order chi connectivity index (χ1) is 7.34. The largest absolute Gasteiger partial charge is 0.370 e. The molecule has 15 heavy (non-hydrogen) atoms. The zero-order valence-electron chi connectivity index (χ0n) is 9.24. The minimum Gasteiger partial charge on any atom is -0.370 e. The Morgan fingerprint density at radius 3 is 3.00 bits per heavy atom. The summed E-state index contributed by atoms with van der Waals surface area (Å²) in [7, 11) is 0. The zero-order chi connectivity index (χ0) is 10.5. The number of hydrogen-bond acceptors (Lipinski definition) is 2. The number of nitrogens with zero attached hydrogens (tertiary/aromatic N) is 1. The summed E-state index contributed by atoms with van der Waals surface area (Å²) in [5, 5.41) is 3.40. The highest BCUT2D eigenvalue weighted by Gasteiger charge is 2.09. The third kappa shape index (κ3) is 3.08. The van der Waals surface area contributed by atoms with Crippen LogP contribution in [0.5, 0.6) is 0 Å². The van der Waals surface area contributed by atoms with Gasteiger partial charge in [-0.05, 0) is 43.7 Å². The molecule has 1 atom stereocenters. The van der Waals surface area contributed by atoms with Crippen molar-refractivity contribution < 1.29 is 0 Å². The quantitative estimate of drug-likeness (QED) is 0.761. The summed E-state index contributed by atoms with van der Waals surface area (Å²) in [6, 6.07) is 4.14. The predicted molar refractivity (Wildman–Crippen MR) is 63.9 cm³/mol. The van der Waals surface area contributed by atoms with Crippen molar-refractivity contribution in [2.24, 2.45) is 5.92 Å². The molecule has 1 N–H and O–H groups in total. The molecule has 0 aromatic carbocycles. The Kier molecular flexibility index (Phi) is 3.38. The molecule has 2 rings (SSSR count). The van der Waals surface area contributed by atoms with E-state index in [9.17, 15) is 0 Å². The molecule has 0 saturated carbocycles. The van der Waals surface area contributed by atoms with E-state index in [0.29, 0.717) is 0 Å². The molecule has 0 amide bonds. The van der Waals surface area contributed by atoms with Crippen molar-refractivity contribution in [3.63, 3.8) is 0 Å². The van der Waals surface area contributed by atoms with Crippen LogP contribution in [0.3, 0.4) is 0 Å². The minimum atomic E-state index is 0.776. The Hall–Kier alpha value is -1.31. The van der Waals surface area contributed by atoms with E-state index in [2.05, 4.69) is 35.4 Å². The number of rotatable bonds is 3. The first-order valence-corrected chi connectivity index (χ1v) is 5.66. The molecule has 1 aliphatic carbocycles. The Labute approximate surface area is 91.4 Å². The maximum Gasteiger partial charge on any atom is 0.125 e. The van der Waals surface area contributed by atoms with Crippen LogP contribution >= 0.6 is 0 Å². The lowest BCUT2D eigenvalue weighted by atomic mass is 9.94. The van der Waals surface area contributed by atoms with Crippen molar-refractivity contribution in [3.8, 4) is 0 Å². The van der Waals surface area contributed by atoms with Gasteiger partial charge in [-0.15, -0.1) is 0 Å². The highest BCUT2D eigenvalue weighted by atomic mass is 15.0. The van der Waals surface area contributed by atoms with Crippen molar-refractivity contribution in [1.82, 2.24) is 4.98 Å².